The van der Waals surface area contributed by atoms with E-state index in [9.17, 15) is 31.2 Å². The standard InChI is InChI=1S/C17H17F3N2O5S/c18-14-7-11(1-2-13(14)10-3-5-28(25,26)6-4-10)22-9-12(27-17(22)24)8-21-16(23)15(19)20/h1-3,5,7,10,12,15H,4,6,8-9H2,(H,21,23)/t10?,12-/m0/s1. The molecule has 152 valence electrons. The van der Waals surface area contributed by atoms with Crippen LogP contribution in [0.1, 0.15) is 17.9 Å². The fraction of sp³-hybridized carbons (Fsp3) is 0.412. The molecule has 0 saturated carbocycles. The van der Waals surface area contributed by atoms with E-state index in [1.165, 1.54) is 18.2 Å². The van der Waals surface area contributed by atoms with Gasteiger partial charge in [-0.2, -0.15) is 8.78 Å². The number of rotatable bonds is 5. The number of amides is 2. The summed E-state index contributed by atoms with van der Waals surface area (Å²) < 4.78 is 66.8. The highest BCUT2D eigenvalue weighted by atomic mass is 32.2. The number of nitrogens with zero attached hydrogens (tertiary/aromatic N) is 1. The van der Waals surface area contributed by atoms with Crippen LogP contribution in [0, 0.1) is 5.82 Å². The lowest BCUT2D eigenvalue weighted by atomic mass is 9.95. The number of alkyl halides is 2. The number of hydrogen-bond donors (Lipinski definition) is 1. The monoisotopic (exact) mass is 418 g/mol. The van der Waals surface area contributed by atoms with Crippen LogP contribution in [0.2, 0.25) is 0 Å². The first-order valence-electron chi connectivity index (χ1n) is 8.40. The number of benzene rings is 1. The first-order valence-corrected chi connectivity index (χ1v) is 10.1. The lowest BCUT2D eigenvalue weighted by Gasteiger charge is -2.19. The van der Waals surface area contributed by atoms with Gasteiger partial charge in [-0.15, -0.1) is 0 Å². The Hall–Kier alpha value is -2.56. The summed E-state index contributed by atoms with van der Waals surface area (Å²) in [5.74, 6) is -2.53. The van der Waals surface area contributed by atoms with Crippen molar-refractivity contribution in [1.82, 2.24) is 5.32 Å². The molecule has 1 fully saturated rings. The summed E-state index contributed by atoms with van der Waals surface area (Å²) in [6.45, 7) is -0.323. The number of sulfone groups is 1. The molecule has 0 aliphatic carbocycles. The molecule has 2 heterocycles. The van der Waals surface area contributed by atoms with Gasteiger partial charge in [0.2, 0.25) is 0 Å². The minimum Gasteiger partial charge on any atom is -0.442 e. The third kappa shape index (κ3) is 4.46. The van der Waals surface area contributed by atoms with Gasteiger partial charge in [0.15, 0.2) is 9.84 Å². The number of carbonyl (C=O) groups excluding carboxylic acids is 2. The van der Waals surface area contributed by atoms with E-state index in [0.29, 0.717) is 5.56 Å². The van der Waals surface area contributed by atoms with Crippen LogP contribution < -0.4 is 10.2 Å². The molecule has 0 aromatic heterocycles. The first-order chi connectivity index (χ1) is 13.2. The summed E-state index contributed by atoms with van der Waals surface area (Å²) in [4.78, 5) is 24.0. The second-order valence-corrected chi connectivity index (χ2v) is 8.46. The third-order valence-corrected chi connectivity index (χ3v) is 5.88. The summed E-state index contributed by atoms with van der Waals surface area (Å²) >= 11 is 0. The van der Waals surface area contributed by atoms with Gasteiger partial charge < -0.3 is 10.1 Å². The van der Waals surface area contributed by atoms with Crippen molar-refractivity contribution in [3.05, 3.63) is 41.1 Å². The summed E-state index contributed by atoms with van der Waals surface area (Å²) in [5.41, 5.74) is 0.518. The Kier molecular flexibility index (Phi) is 5.64. The van der Waals surface area contributed by atoms with Crippen molar-refractivity contribution in [2.45, 2.75) is 24.9 Å². The minimum absolute atomic E-state index is 0.0390. The molecule has 0 bridgehead atoms. The van der Waals surface area contributed by atoms with Gasteiger partial charge in [0.05, 0.1) is 24.5 Å². The highest BCUT2D eigenvalue weighted by Gasteiger charge is 2.33. The molecule has 1 aromatic rings. The summed E-state index contributed by atoms with van der Waals surface area (Å²) in [5, 5.41) is 3.04. The van der Waals surface area contributed by atoms with Crippen molar-refractivity contribution >= 4 is 27.5 Å². The third-order valence-electron chi connectivity index (χ3n) is 4.50. The highest BCUT2D eigenvalue weighted by molar-refractivity contribution is 7.94. The van der Waals surface area contributed by atoms with Crippen LogP contribution in [0.25, 0.3) is 0 Å². The quantitative estimate of drug-likeness (QED) is 0.789. The predicted octanol–water partition coefficient (Wildman–Crippen LogP) is 1.95. The Morgan fingerprint density at radius 3 is 2.71 bits per heavy atom. The van der Waals surface area contributed by atoms with E-state index < -0.39 is 40.2 Å². The lowest BCUT2D eigenvalue weighted by Crippen LogP contribution is -2.37. The van der Waals surface area contributed by atoms with Crippen molar-refractivity contribution in [1.29, 1.82) is 0 Å². The Bertz CT molecular complexity index is 919. The number of carbonyl (C=O) groups is 2. The number of anilines is 1. The average molecular weight is 418 g/mol. The van der Waals surface area contributed by atoms with E-state index in [1.54, 1.807) is 0 Å². The van der Waals surface area contributed by atoms with Gasteiger partial charge in [0, 0.05) is 11.3 Å². The Balaban J connectivity index is 1.68. The van der Waals surface area contributed by atoms with E-state index >= 15 is 0 Å². The van der Waals surface area contributed by atoms with Crippen molar-refractivity contribution < 1.29 is 35.9 Å². The Morgan fingerprint density at radius 1 is 1.36 bits per heavy atom. The van der Waals surface area contributed by atoms with Gasteiger partial charge in [0.1, 0.15) is 11.9 Å². The number of halogens is 3. The van der Waals surface area contributed by atoms with E-state index in [0.717, 1.165) is 16.4 Å². The second-order valence-electron chi connectivity index (χ2n) is 6.46. The van der Waals surface area contributed by atoms with Crippen molar-refractivity contribution in [3.63, 3.8) is 0 Å². The van der Waals surface area contributed by atoms with Crippen LogP contribution >= 0.6 is 0 Å². The van der Waals surface area contributed by atoms with Gasteiger partial charge in [0.25, 0.3) is 5.91 Å². The largest absolute Gasteiger partial charge is 0.442 e. The van der Waals surface area contributed by atoms with Crippen LogP contribution in [0.4, 0.5) is 23.7 Å². The van der Waals surface area contributed by atoms with Gasteiger partial charge in [-0.1, -0.05) is 12.1 Å². The molecule has 7 nitrogen and oxygen atoms in total. The van der Waals surface area contributed by atoms with Crippen LogP contribution in [-0.4, -0.2) is 51.8 Å². The summed E-state index contributed by atoms with van der Waals surface area (Å²) in [6.07, 6.45) is -3.11. The van der Waals surface area contributed by atoms with Crippen molar-refractivity contribution in [2.75, 3.05) is 23.7 Å². The van der Waals surface area contributed by atoms with Gasteiger partial charge in [-0.05, 0) is 24.1 Å². The molecular formula is C17H17F3N2O5S. The zero-order chi connectivity index (χ0) is 20.5. The lowest BCUT2D eigenvalue weighted by molar-refractivity contribution is -0.132. The molecule has 2 aliphatic rings. The first kappa shape index (κ1) is 20.2. The molecule has 1 N–H and O–H groups in total. The molecule has 1 aromatic carbocycles. The average Bonchev–Trinajstić information content (AvgIpc) is 3.00. The van der Waals surface area contributed by atoms with E-state index in [1.807, 2.05) is 5.32 Å². The molecule has 1 saturated heterocycles. The molecule has 28 heavy (non-hydrogen) atoms. The normalized spacial score (nSPS) is 23.7. The van der Waals surface area contributed by atoms with Crippen LogP contribution in [-0.2, 0) is 19.4 Å². The molecule has 2 aliphatic heterocycles. The fourth-order valence-electron chi connectivity index (χ4n) is 3.04. The zero-order valence-corrected chi connectivity index (χ0v) is 15.3. The zero-order valence-electron chi connectivity index (χ0n) is 14.5. The predicted molar refractivity (Wildman–Crippen MR) is 93.3 cm³/mol. The topological polar surface area (TPSA) is 92.8 Å². The smallest absolute Gasteiger partial charge is 0.414 e. The van der Waals surface area contributed by atoms with Gasteiger partial charge >= 0.3 is 12.5 Å². The van der Waals surface area contributed by atoms with E-state index in [4.69, 9.17) is 4.74 Å². The number of ether oxygens (including phenoxy) is 1. The second kappa shape index (κ2) is 7.82. The number of cyclic esters (lactones) is 1. The van der Waals surface area contributed by atoms with E-state index in [-0.39, 0.29) is 36.9 Å². The minimum atomic E-state index is -3.24. The molecular weight excluding hydrogens is 401 g/mol. The van der Waals surface area contributed by atoms with Crippen LogP contribution in [0.3, 0.4) is 0 Å². The molecule has 1 unspecified atom stereocenters. The maximum absolute atomic E-state index is 14.5. The molecule has 0 radical (unpaired) electrons. The van der Waals surface area contributed by atoms with Crippen molar-refractivity contribution in [3.8, 4) is 0 Å². The number of nitrogens with one attached hydrogen (secondary N) is 1. The Morgan fingerprint density at radius 2 is 2.11 bits per heavy atom. The molecule has 0 spiro atoms. The highest BCUT2D eigenvalue weighted by Crippen LogP contribution is 2.31. The SMILES string of the molecule is O=C(NC[C@H]1CN(c2ccc(C3C=CS(=O)(=O)CC3)c(F)c2)C(=O)O1)C(F)F. The summed E-state index contributed by atoms with van der Waals surface area (Å²) in [7, 11) is -3.24. The van der Waals surface area contributed by atoms with Gasteiger partial charge in [-0.3, -0.25) is 9.69 Å². The van der Waals surface area contributed by atoms with E-state index in [2.05, 4.69) is 0 Å². The number of allylic oxidation sites excluding steroid dienone is 1. The number of hydrogen-bond acceptors (Lipinski definition) is 5. The van der Waals surface area contributed by atoms with Gasteiger partial charge in [-0.25, -0.2) is 17.6 Å². The molecule has 2 amide bonds. The Labute approximate surface area is 159 Å². The molecule has 3 rings (SSSR count). The van der Waals surface area contributed by atoms with Crippen LogP contribution in [0.15, 0.2) is 29.7 Å². The van der Waals surface area contributed by atoms with Crippen molar-refractivity contribution in [2.24, 2.45) is 0 Å². The summed E-state index contributed by atoms with van der Waals surface area (Å²) in [6, 6.07) is 4.10. The maximum atomic E-state index is 14.5. The fourth-order valence-corrected chi connectivity index (χ4v) is 4.19. The molecule has 2 atom stereocenters. The molecule has 11 heteroatoms. The maximum Gasteiger partial charge on any atom is 0.414 e. The van der Waals surface area contributed by atoms with Crippen LogP contribution in [0.5, 0.6) is 0 Å².